The first-order valence-electron chi connectivity index (χ1n) is 5.68. The van der Waals surface area contributed by atoms with Crippen LogP contribution in [0.4, 0.5) is 0 Å². The fourth-order valence-corrected chi connectivity index (χ4v) is 5.51. The van der Waals surface area contributed by atoms with Gasteiger partial charge in [-0.3, -0.25) is 4.79 Å². The fourth-order valence-electron chi connectivity index (χ4n) is 1.64. The topological polar surface area (TPSA) is 23.3 Å². The molecule has 0 atom stereocenters. The van der Waals surface area contributed by atoms with Gasteiger partial charge in [0.2, 0.25) is 5.91 Å². The van der Waals surface area contributed by atoms with Gasteiger partial charge in [-0.15, -0.1) is 11.8 Å². The standard InChI is InChI=1S/C11H17N2OS3.HI/c1-12(2)9(14)8-15-11-7-10(16-17-11)13-5-3-4-6-13;/h7H,3-6,8H2,1-2H3;1H/q+1;/p-1. The van der Waals surface area contributed by atoms with Gasteiger partial charge in [-0.1, -0.05) is 10.3 Å². The van der Waals surface area contributed by atoms with Crippen LogP contribution in [-0.2, 0) is 4.79 Å². The van der Waals surface area contributed by atoms with Gasteiger partial charge in [-0.2, -0.15) is 0 Å². The van der Waals surface area contributed by atoms with Crippen LogP contribution in [0.2, 0.25) is 0 Å². The van der Waals surface area contributed by atoms with E-state index < -0.39 is 0 Å². The highest BCUT2D eigenvalue weighted by molar-refractivity contribution is 8.03. The van der Waals surface area contributed by atoms with Gasteiger partial charge in [0.1, 0.15) is 13.1 Å². The predicted molar refractivity (Wildman–Crippen MR) is 75.9 cm³/mol. The van der Waals surface area contributed by atoms with Crippen molar-refractivity contribution in [3.8, 4) is 0 Å². The van der Waals surface area contributed by atoms with Crippen LogP contribution in [0.1, 0.15) is 12.8 Å². The molecule has 0 aliphatic carbocycles. The summed E-state index contributed by atoms with van der Waals surface area (Å²) in [7, 11) is 7.21. The van der Waals surface area contributed by atoms with Crippen LogP contribution in [-0.4, -0.2) is 43.7 Å². The van der Waals surface area contributed by atoms with Gasteiger partial charge in [-0.05, 0) is 10.3 Å². The highest BCUT2D eigenvalue weighted by atomic mass is 127. The molecule has 1 aliphatic rings. The van der Waals surface area contributed by atoms with Gasteiger partial charge in [0.25, 0.3) is 4.67 Å². The van der Waals surface area contributed by atoms with Crippen molar-refractivity contribution in [2.75, 3.05) is 32.9 Å². The van der Waals surface area contributed by atoms with E-state index in [1.807, 2.05) is 10.3 Å². The molecule has 1 fully saturated rings. The number of amides is 1. The average molecular weight is 416 g/mol. The van der Waals surface area contributed by atoms with Gasteiger partial charge >= 0.3 is 0 Å². The minimum atomic E-state index is 0. The summed E-state index contributed by atoms with van der Waals surface area (Å²) in [5, 5.41) is 0. The Morgan fingerprint density at radius 1 is 1.39 bits per heavy atom. The molecule has 1 aromatic heterocycles. The lowest BCUT2D eigenvalue weighted by Crippen LogP contribution is -3.00. The summed E-state index contributed by atoms with van der Waals surface area (Å²) in [6.45, 7) is 2.38. The Morgan fingerprint density at radius 2 is 2.06 bits per heavy atom. The third-order valence-electron chi connectivity index (χ3n) is 2.70. The second kappa shape index (κ2) is 7.86. The molecule has 1 saturated heterocycles. The van der Waals surface area contributed by atoms with E-state index in [0.717, 1.165) is 0 Å². The zero-order valence-corrected chi connectivity index (χ0v) is 15.1. The lowest BCUT2D eigenvalue weighted by molar-refractivity contribution is -0.125. The number of hydrogen-bond acceptors (Lipinski definition) is 4. The molecule has 0 aromatic carbocycles. The molecule has 0 spiro atoms. The first kappa shape index (κ1) is 16.5. The molecule has 7 heteroatoms. The van der Waals surface area contributed by atoms with Crippen molar-refractivity contribution in [1.29, 1.82) is 0 Å². The summed E-state index contributed by atoms with van der Waals surface area (Å²) in [5.41, 5.74) is 0. The van der Waals surface area contributed by atoms with E-state index in [0.29, 0.717) is 5.75 Å². The van der Waals surface area contributed by atoms with Gasteiger partial charge in [0.05, 0.1) is 9.96 Å². The SMILES string of the molecule is CN(C)C(=O)CSc1cc(=[N+]2CCCC2)ss1.[I-]. The Kier molecular flexibility index (Phi) is 7.19. The maximum absolute atomic E-state index is 11.5. The summed E-state index contributed by atoms with van der Waals surface area (Å²) >= 11 is 1.65. The van der Waals surface area contributed by atoms with Crippen LogP contribution in [0.15, 0.2) is 10.3 Å². The van der Waals surface area contributed by atoms with Crippen LogP contribution in [0.3, 0.4) is 0 Å². The van der Waals surface area contributed by atoms with E-state index in [2.05, 4.69) is 10.6 Å². The van der Waals surface area contributed by atoms with Crippen LogP contribution >= 0.6 is 32.4 Å². The van der Waals surface area contributed by atoms with Crippen LogP contribution in [0.5, 0.6) is 0 Å². The number of hydrogen-bond donors (Lipinski definition) is 0. The quantitative estimate of drug-likeness (QED) is 0.261. The third-order valence-corrected chi connectivity index (χ3v) is 6.63. The second-order valence-electron chi connectivity index (χ2n) is 4.24. The number of halogens is 1. The molecule has 102 valence electrons. The van der Waals surface area contributed by atoms with E-state index in [9.17, 15) is 4.79 Å². The van der Waals surface area contributed by atoms with Gasteiger partial charge in [0, 0.05) is 33.0 Å². The molecule has 0 N–H and O–H groups in total. The molecule has 0 saturated carbocycles. The van der Waals surface area contributed by atoms with Crippen molar-refractivity contribution in [3.05, 3.63) is 10.7 Å². The van der Waals surface area contributed by atoms with Crippen LogP contribution < -0.4 is 33.2 Å². The Morgan fingerprint density at radius 3 is 2.67 bits per heavy atom. The molecule has 0 bridgehead atoms. The lowest BCUT2D eigenvalue weighted by atomic mass is 10.4. The first-order valence-corrected chi connectivity index (χ1v) is 8.81. The second-order valence-corrected chi connectivity index (χ2v) is 7.71. The highest BCUT2D eigenvalue weighted by Gasteiger charge is 2.15. The number of carbonyl (C=O) groups excluding carboxylic acids is 1. The molecule has 2 heterocycles. The normalized spacial score (nSPS) is 14.4. The fraction of sp³-hybridized carbons (Fsp3) is 0.636. The van der Waals surface area contributed by atoms with Crippen molar-refractivity contribution in [2.24, 2.45) is 0 Å². The van der Waals surface area contributed by atoms with Crippen molar-refractivity contribution in [3.63, 3.8) is 0 Å². The van der Waals surface area contributed by atoms with Crippen molar-refractivity contribution < 1.29 is 28.8 Å². The minimum absolute atomic E-state index is 0. The largest absolute Gasteiger partial charge is 1.00 e. The zero-order valence-electron chi connectivity index (χ0n) is 10.5. The number of nitrogens with zero attached hydrogens (tertiary/aromatic N) is 2. The third kappa shape index (κ3) is 4.50. The molecule has 1 aliphatic heterocycles. The Balaban J connectivity index is 0.00000162. The molecular formula is C11H17IN2OS3. The minimum Gasteiger partial charge on any atom is -1.00 e. The van der Waals surface area contributed by atoms with Gasteiger partial charge < -0.3 is 28.9 Å². The smallest absolute Gasteiger partial charge is 0.268 e. The van der Waals surface area contributed by atoms with Crippen LogP contribution in [0.25, 0.3) is 0 Å². The maximum Gasteiger partial charge on any atom is 0.268 e. The molecule has 2 rings (SSSR count). The van der Waals surface area contributed by atoms with E-state index in [4.69, 9.17) is 0 Å². The number of carbonyl (C=O) groups is 1. The molecule has 0 unspecified atom stereocenters. The molecular weight excluding hydrogens is 399 g/mol. The Hall–Kier alpha value is 0.400. The molecule has 1 amide bonds. The van der Waals surface area contributed by atoms with E-state index in [1.165, 1.54) is 34.8 Å². The van der Waals surface area contributed by atoms with E-state index >= 15 is 0 Å². The summed E-state index contributed by atoms with van der Waals surface area (Å²) < 4.78 is 5.07. The van der Waals surface area contributed by atoms with E-state index in [-0.39, 0.29) is 29.9 Å². The predicted octanol–water partition coefficient (Wildman–Crippen LogP) is -1.44. The lowest BCUT2D eigenvalue weighted by Gasteiger charge is -2.08. The molecule has 3 nitrogen and oxygen atoms in total. The van der Waals surface area contributed by atoms with Gasteiger partial charge in [-0.25, -0.2) is 4.58 Å². The average Bonchev–Trinajstić information content (AvgIpc) is 2.95. The maximum atomic E-state index is 11.5. The first-order chi connectivity index (χ1) is 8.16. The van der Waals surface area contributed by atoms with E-state index in [1.54, 1.807) is 41.1 Å². The Bertz CT molecular complexity index is 459. The van der Waals surface area contributed by atoms with Crippen molar-refractivity contribution >= 4 is 38.3 Å². The van der Waals surface area contributed by atoms with Crippen molar-refractivity contribution in [1.82, 2.24) is 9.48 Å². The summed E-state index contributed by atoms with van der Waals surface area (Å²) in [4.78, 5) is 13.1. The summed E-state index contributed by atoms with van der Waals surface area (Å²) in [6.07, 6.45) is 2.62. The molecule has 18 heavy (non-hydrogen) atoms. The van der Waals surface area contributed by atoms with Gasteiger partial charge in [0.15, 0.2) is 0 Å². The Labute approximate surface area is 136 Å². The monoisotopic (exact) mass is 416 g/mol. The summed E-state index contributed by atoms with van der Waals surface area (Å²) in [6, 6.07) is 2.23. The molecule has 0 radical (unpaired) electrons. The highest BCUT2D eigenvalue weighted by Crippen LogP contribution is 2.24. The molecule has 1 aromatic rings. The van der Waals surface area contributed by atoms with Crippen LogP contribution in [0, 0.1) is 0 Å². The summed E-state index contributed by atoms with van der Waals surface area (Å²) in [5.74, 6) is 0.718. The number of rotatable bonds is 3. The zero-order chi connectivity index (χ0) is 12.3. The van der Waals surface area contributed by atoms with Crippen molar-refractivity contribution in [2.45, 2.75) is 17.1 Å². The number of thioether (sulfide) groups is 1.